The van der Waals surface area contributed by atoms with Crippen LogP contribution in [-0.2, 0) is 11.2 Å². The zero-order chi connectivity index (χ0) is 16.8. The second kappa shape index (κ2) is 8.45. The van der Waals surface area contributed by atoms with Crippen molar-refractivity contribution in [3.05, 3.63) is 52.0 Å². The van der Waals surface area contributed by atoms with Gasteiger partial charge in [0, 0.05) is 17.5 Å². The first-order valence-electron chi connectivity index (χ1n) is 8.36. The van der Waals surface area contributed by atoms with Gasteiger partial charge >= 0.3 is 0 Å². The maximum atomic E-state index is 12.1. The summed E-state index contributed by atoms with van der Waals surface area (Å²) < 4.78 is 0. The SMILES string of the molecule is O=C(Cc1csc(-c2ccccc2Cl)n1)NCCC1=CCCCC1. The molecule has 0 fully saturated rings. The fourth-order valence-corrected chi connectivity index (χ4v) is 4.01. The number of amides is 1. The van der Waals surface area contributed by atoms with Crippen LogP contribution in [0.15, 0.2) is 41.3 Å². The Bertz CT molecular complexity index is 738. The van der Waals surface area contributed by atoms with Gasteiger partial charge in [-0.3, -0.25) is 4.79 Å². The van der Waals surface area contributed by atoms with Crippen LogP contribution in [0.25, 0.3) is 10.6 Å². The maximum absolute atomic E-state index is 12.1. The molecule has 0 radical (unpaired) electrons. The number of carbonyl (C=O) groups is 1. The standard InChI is InChI=1S/C19H21ClN2OS/c20-17-9-5-4-8-16(17)19-22-15(13-24-19)12-18(23)21-11-10-14-6-2-1-3-7-14/h4-6,8-9,13H,1-3,7,10-12H2,(H,21,23). The molecule has 2 aromatic rings. The Labute approximate surface area is 151 Å². The molecule has 1 heterocycles. The Kier molecular flexibility index (Phi) is 6.05. The highest BCUT2D eigenvalue weighted by Crippen LogP contribution is 2.30. The van der Waals surface area contributed by atoms with E-state index in [1.807, 2.05) is 29.6 Å². The van der Waals surface area contributed by atoms with E-state index in [2.05, 4.69) is 16.4 Å². The van der Waals surface area contributed by atoms with E-state index in [0.29, 0.717) is 18.0 Å². The van der Waals surface area contributed by atoms with Gasteiger partial charge in [0.25, 0.3) is 0 Å². The van der Waals surface area contributed by atoms with Crippen molar-refractivity contribution in [2.24, 2.45) is 0 Å². The molecule has 126 valence electrons. The van der Waals surface area contributed by atoms with E-state index in [1.165, 1.54) is 42.6 Å². The Morgan fingerprint density at radius 2 is 2.17 bits per heavy atom. The van der Waals surface area contributed by atoms with E-state index in [4.69, 9.17) is 11.6 Å². The molecule has 3 nitrogen and oxygen atoms in total. The second-order valence-corrected chi connectivity index (χ2v) is 7.27. The highest BCUT2D eigenvalue weighted by Gasteiger charge is 2.11. The summed E-state index contributed by atoms with van der Waals surface area (Å²) in [6, 6.07) is 7.64. The van der Waals surface area contributed by atoms with Crippen LogP contribution in [0.2, 0.25) is 5.02 Å². The first-order valence-corrected chi connectivity index (χ1v) is 9.62. The maximum Gasteiger partial charge on any atom is 0.226 e. The highest BCUT2D eigenvalue weighted by atomic mass is 35.5. The molecule has 5 heteroatoms. The van der Waals surface area contributed by atoms with Crippen LogP contribution in [0.5, 0.6) is 0 Å². The first-order chi connectivity index (χ1) is 11.7. The summed E-state index contributed by atoms with van der Waals surface area (Å²) in [5, 5.41) is 6.47. The third-order valence-electron chi connectivity index (χ3n) is 4.15. The topological polar surface area (TPSA) is 42.0 Å². The molecule has 0 saturated heterocycles. The number of rotatable bonds is 6. The molecule has 1 aromatic heterocycles. The van der Waals surface area contributed by atoms with Crippen molar-refractivity contribution >= 4 is 28.8 Å². The van der Waals surface area contributed by atoms with Crippen LogP contribution in [0.4, 0.5) is 0 Å². The molecule has 0 saturated carbocycles. The third-order valence-corrected chi connectivity index (χ3v) is 5.40. The minimum atomic E-state index is 0.0300. The van der Waals surface area contributed by atoms with Gasteiger partial charge < -0.3 is 5.32 Å². The monoisotopic (exact) mass is 360 g/mol. The Hall–Kier alpha value is -1.65. The minimum absolute atomic E-state index is 0.0300. The molecule has 1 amide bonds. The van der Waals surface area contributed by atoms with Crippen LogP contribution in [-0.4, -0.2) is 17.4 Å². The molecular weight excluding hydrogens is 340 g/mol. The quantitative estimate of drug-likeness (QED) is 0.735. The van der Waals surface area contributed by atoms with Crippen LogP contribution in [0, 0.1) is 0 Å². The smallest absolute Gasteiger partial charge is 0.226 e. The van der Waals surface area contributed by atoms with E-state index in [9.17, 15) is 4.79 Å². The Balaban J connectivity index is 1.50. The lowest BCUT2D eigenvalue weighted by Gasteiger charge is -2.12. The van der Waals surface area contributed by atoms with E-state index in [1.54, 1.807) is 0 Å². The van der Waals surface area contributed by atoms with E-state index >= 15 is 0 Å². The Morgan fingerprint density at radius 1 is 1.29 bits per heavy atom. The van der Waals surface area contributed by atoms with Gasteiger partial charge in [0.1, 0.15) is 5.01 Å². The molecule has 1 aliphatic carbocycles. The van der Waals surface area contributed by atoms with Gasteiger partial charge in [0.05, 0.1) is 17.1 Å². The van der Waals surface area contributed by atoms with Crippen molar-refractivity contribution in [1.82, 2.24) is 10.3 Å². The Morgan fingerprint density at radius 3 is 2.96 bits per heavy atom. The molecule has 1 N–H and O–H groups in total. The molecule has 24 heavy (non-hydrogen) atoms. The average molecular weight is 361 g/mol. The van der Waals surface area contributed by atoms with Gasteiger partial charge in [0.2, 0.25) is 5.91 Å². The zero-order valence-electron chi connectivity index (χ0n) is 13.6. The molecule has 0 aliphatic heterocycles. The summed E-state index contributed by atoms with van der Waals surface area (Å²) >= 11 is 7.72. The number of nitrogens with one attached hydrogen (secondary N) is 1. The van der Waals surface area contributed by atoms with Gasteiger partial charge in [-0.05, 0) is 38.2 Å². The van der Waals surface area contributed by atoms with Crippen LogP contribution in [0.1, 0.15) is 37.8 Å². The van der Waals surface area contributed by atoms with Gasteiger partial charge in [-0.15, -0.1) is 11.3 Å². The first kappa shape index (κ1) is 17.2. The number of thiazole rings is 1. The molecule has 0 unspecified atom stereocenters. The lowest BCUT2D eigenvalue weighted by Crippen LogP contribution is -2.26. The summed E-state index contributed by atoms with van der Waals surface area (Å²) in [7, 11) is 0. The van der Waals surface area contributed by atoms with Crippen molar-refractivity contribution in [1.29, 1.82) is 0 Å². The number of hydrogen-bond donors (Lipinski definition) is 1. The van der Waals surface area contributed by atoms with Crippen molar-refractivity contribution in [2.75, 3.05) is 6.54 Å². The summed E-state index contributed by atoms with van der Waals surface area (Å²) in [6.07, 6.45) is 8.56. The van der Waals surface area contributed by atoms with E-state index < -0.39 is 0 Å². The molecule has 3 rings (SSSR count). The van der Waals surface area contributed by atoms with Crippen LogP contribution >= 0.6 is 22.9 Å². The summed E-state index contributed by atoms with van der Waals surface area (Å²) in [5.74, 6) is 0.0300. The number of allylic oxidation sites excluding steroid dienone is 1. The van der Waals surface area contributed by atoms with Crippen LogP contribution in [0.3, 0.4) is 0 Å². The van der Waals surface area contributed by atoms with Gasteiger partial charge in [0.15, 0.2) is 0 Å². The molecular formula is C19H21ClN2OS. The van der Waals surface area contributed by atoms with Gasteiger partial charge in [-0.2, -0.15) is 0 Å². The zero-order valence-corrected chi connectivity index (χ0v) is 15.1. The van der Waals surface area contributed by atoms with Crippen molar-refractivity contribution < 1.29 is 4.79 Å². The summed E-state index contributed by atoms with van der Waals surface area (Å²) in [4.78, 5) is 16.6. The number of carbonyl (C=O) groups excluding carboxylic acids is 1. The molecule has 0 bridgehead atoms. The van der Waals surface area contributed by atoms with Crippen molar-refractivity contribution in [3.8, 4) is 10.6 Å². The van der Waals surface area contributed by atoms with E-state index in [0.717, 1.165) is 22.7 Å². The molecule has 1 aromatic carbocycles. The minimum Gasteiger partial charge on any atom is -0.355 e. The molecule has 0 spiro atoms. The number of benzene rings is 1. The van der Waals surface area contributed by atoms with Gasteiger partial charge in [-0.25, -0.2) is 4.98 Å². The predicted octanol–water partition coefficient (Wildman–Crippen LogP) is 5.01. The number of hydrogen-bond acceptors (Lipinski definition) is 3. The van der Waals surface area contributed by atoms with Crippen molar-refractivity contribution in [3.63, 3.8) is 0 Å². The van der Waals surface area contributed by atoms with Gasteiger partial charge in [-0.1, -0.05) is 41.4 Å². The lowest BCUT2D eigenvalue weighted by molar-refractivity contribution is -0.120. The largest absolute Gasteiger partial charge is 0.355 e. The number of nitrogens with zero attached hydrogens (tertiary/aromatic N) is 1. The molecule has 1 aliphatic rings. The van der Waals surface area contributed by atoms with E-state index in [-0.39, 0.29) is 5.91 Å². The number of aromatic nitrogens is 1. The number of halogens is 1. The highest BCUT2D eigenvalue weighted by molar-refractivity contribution is 7.13. The second-order valence-electron chi connectivity index (χ2n) is 6.01. The average Bonchev–Trinajstić information content (AvgIpc) is 3.04. The molecule has 0 atom stereocenters. The summed E-state index contributed by atoms with van der Waals surface area (Å²) in [5.41, 5.74) is 3.19. The lowest BCUT2D eigenvalue weighted by atomic mass is 9.97. The third kappa shape index (κ3) is 4.68. The predicted molar refractivity (Wildman–Crippen MR) is 100 cm³/mol. The fraction of sp³-hybridized carbons (Fsp3) is 0.368. The van der Waals surface area contributed by atoms with Crippen molar-refractivity contribution in [2.45, 2.75) is 38.5 Å². The summed E-state index contributed by atoms with van der Waals surface area (Å²) in [6.45, 7) is 0.714. The fourth-order valence-electron chi connectivity index (χ4n) is 2.87. The van der Waals surface area contributed by atoms with Crippen LogP contribution < -0.4 is 5.32 Å². The normalized spacial score (nSPS) is 14.3.